The van der Waals surface area contributed by atoms with Crippen molar-refractivity contribution < 1.29 is 24.0 Å². The number of allylic oxidation sites excluding steroid dienone is 2. The van der Waals surface area contributed by atoms with E-state index < -0.39 is 22.8 Å². The molecule has 0 bridgehead atoms. The van der Waals surface area contributed by atoms with Gasteiger partial charge in [-0.1, -0.05) is 54.1 Å². The molecular formula is C27H28N2O6. The lowest BCUT2D eigenvalue weighted by Gasteiger charge is -2.30. The number of rotatable bonds is 8. The normalized spacial score (nSPS) is 15.7. The van der Waals surface area contributed by atoms with Gasteiger partial charge in [0.2, 0.25) is 0 Å². The molecule has 0 saturated carbocycles. The average molecular weight is 477 g/mol. The van der Waals surface area contributed by atoms with Crippen LogP contribution in [-0.4, -0.2) is 30.6 Å². The molecule has 0 amide bonds. The Morgan fingerprint density at radius 1 is 1.03 bits per heavy atom. The first kappa shape index (κ1) is 25.4. The number of methoxy groups -OCH3 is 1. The standard InChI is InChI=1S/C27H28N2O6/c1-17-11-13-20(14-12-17)8-5-6-15-35-27(31)24-19(3)28-18(2)23(26(30)34-4)25(24)21-9-7-10-22(16-21)29(32)33/h5,7-14,16,25,28H,6,15H2,1-4H3/b8-5+. The minimum absolute atomic E-state index is 0.135. The first-order valence-electron chi connectivity index (χ1n) is 11.1. The number of benzene rings is 2. The first-order chi connectivity index (χ1) is 16.7. The number of hydrogen-bond donors (Lipinski definition) is 1. The summed E-state index contributed by atoms with van der Waals surface area (Å²) in [6.45, 7) is 5.55. The molecule has 2 aromatic rings. The molecule has 0 saturated heterocycles. The fourth-order valence-corrected chi connectivity index (χ4v) is 3.99. The Bertz CT molecular complexity index is 1220. The quantitative estimate of drug-likeness (QED) is 0.248. The highest BCUT2D eigenvalue weighted by molar-refractivity contribution is 5.99. The molecule has 8 heteroatoms. The van der Waals surface area contributed by atoms with Crippen LogP contribution in [0.15, 0.2) is 77.1 Å². The Kier molecular flexibility index (Phi) is 8.20. The number of nitrogens with one attached hydrogen (secondary N) is 1. The zero-order valence-corrected chi connectivity index (χ0v) is 20.2. The third-order valence-electron chi connectivity index (χ3n) is 5.71. The molecule has 8 nitrogen and oxygen atoms in total. The summed E-state index contributed by atoms with van der Waals surface area (Å²) in [6, 6.07) is 13.9. The van der Waals surface area contributed by atoms with E-state index in [2.05, 4.69) is 5.32 Å². The summed E-state index contributed by atoms with van der Waals surface area (Å²) < 4.78 is 10.5. The molecule has 1 atom stereocenters. The number of dihydropyridines is 1. The van der Waals surface area contributed by atoms with Crippen molar-refractivity contribution in [2.24, 2.45) is 0 Å². The van der Waals surface area contributed by atoms with Crippen LogP contribution in [-0.2, 0) is 19.1 Å². The van der Waals surface area contributed by atoms with Gasteiger partial charge < -0.3 is 14.8 Å². The highest BCUT2D eigenvalue weighted by Crippen LogP contribution is 2.40. The maximum Gasteiger partial charge on any atom is 0.336 e. The van der Waals surface area contributed by atoms with Gasteiger partial charge in [-0.15, -0.1) is 0 Å². The van der Waals surface area contributed by atoms with Gasteiger partial charge in [0.25, 0.3) is 5.69 Å². The molecule has 35 heavy (non-hydrogen) atoms. The fourth-order valence-electron chi connectivity index (χ4n) is 3.99. The summed E-state index contributed by atoms with van der Waals surface area (Å²) in [4.78, 5) is 36.7. The zero-order valence-electron chi connectivity index (χ0n) is 20.2. The van der Waals surface area contributed by atoms with E-state index in [9.17, 15) is 19.7 Å². The number of aryl methyl sites for hydroxylation is 1. The summed E-state index contributed by atoms with van der Waals surface area (Å²) >= 11 is 0. The lowest BCUT2D eigenvalue weighted by molar-refractivity contribution is -0.384. The van der Waals surface area contributed by atoms with Gasteiger partial charge in [0.15, 0.2) is 0 Å². The second kappa shape index (κ2) is 11.3. The third kappa shape index (κ3) is 6.03. The highest BCUT2D eigenvalue weighted by Gasteiger charge is 2.38. The van der Waals surface area contributed by atoms with Crippen molar-refractivity contribution >= 4 is 23.7 Å². The number of ether oxygens (including phenoxy) is 2. The molecule has 3 rings (SSSR count). The molecule has 1 aliphatic rings. The molecule has 0 aromatic heterocycles. The first-order valence-corrected chi connectivity index (χ1v) is 11.1. The van der Waals surface area contributed by atoms with Crippen molar-refractivity contribution in [3.05, 3.63) is 104 Å². The predicted molar refractivity (Wildman–Crippen MR) is 132 cm³/mol. The van der Waals surface area contributed by atoms with E-state index in [1.807, 2.05) is 43.3 Å². The molecule has 1 aliphatic heterocycles. The van der Waals surface area contributed by atoms with Gasteiger partial charge in [-0.25, -0.2) is 9.59 Å². The van der Waals surface area contributed by atoms with Gasteiger partial charge in [0.05, 0.1) is 35.7 Å². The molecule has 1 unspecified atom stereocenters. The van der Waals surface area contributed by atoms with Crippen LogP contribution >= 0.6 is 0 Å². The third-order valence-corrected chi connectivity index (χ3v) is 5.71. The zero-order chi connectivity index (χ0) is 25.5. The van der Waals surface area contributed by atoms with Crippen LogP contribution in [0.2, 0.25) is 0 Å². The number of nitrogens with zero attached hydrogens (tertiary/aromatic N) is 1. The summed E-state index contributed by atoms with van der Waals surface area (Å²) in [7, 11) is 1.25. The Labute approximate surface area is 204 Å². The maximum atomic E-state index is 13.2. The topological polar surface area (TPSA) is 108 Å². The Balaban J connectivity index is 1.84. The van der Waals surface area contributed by atoms with E-state index in [0.717, 1.165) is 5.56 Å². The van der Waals surface area contributed by atoms with Crippen molar-refractivity contribution in [2.45, 2.75) is 33.1 Å². The number of esters is 2. The van der Waals surface area contributed by atoms with Crippen LogP contribution in [0.5, 0.6) is 0 Å². The lowest BCUT2D eigenvalue weighted by Crippen LogP contribution is -2.32. The fraction of sp³-hybridized carbons (Fsp3) is 0.259. The molecule has 0 spiro atoms. The minimum Gasteiger partial charge on any atom is -0.466 e. The van der Waals surface area contributed by atoms with Crippen LogP contribution in [0.4, 0.5) is 5.69 Å². The smallest absolute Gasteiger partial charge is 0.336 e. The molecule has 0 aliphatic carbocycles. The second-order valence-electron chi connectivity index (χ2n) is 8.22. The van der Waals surface area contributed by atoms with Gasteiger partial charge in [0.1, 0.15) is 0 Å². The van der Waals surface area contributed by atoms with E-state index in [4.69, 9.17) is 9.47 Å². The molecule has 1 N–H and O–H groups in total. The van der Waals surface area contributed by atoms with E-state index in [1.54, 1.807) is 19.9 Å². The van der Waals surface area contributed by atoms with Crippen molar-refractivity contribution in [3.8, 4) is 0 Å². The van der Waals surface area contributed by atoms with Crippen molar-refractivity contribution in [2.75, 3.05) is 13.7 Å². The number of nitro groups is 1. The summed E-state index contributed by atoms with van der Waals surface area (Å²) in [5.41, 5.74) is 3.92. The summed E-state index contributed by atoms with van der Waals surface area (Å²) in [5.74, 6) is -2.12. The number of nitro benzene ring substituents is 1. The molecule has 1 heterocycles. The van der Waals surface area contributed by atoms with Crippen LogP contribution in [0, 0.1) is 17.0 Å². The van der Waals surface area contributed by atoms with Gasteiger partial charge in [-0.3, -0.25) is 10.1 Å². The van der Waals surface area contributed by atoms with E-state index in [-0.39, 0.29) is 23.4 Å². The maximum absolute atomic E-state index is 13.2. The minimum atomic E-state index is -0.876. The van der Waals surface area contributed by atoms with Crippen molar-refractivity contribution in [3.63, 3.8) is 0 Å². The number of non-ortho nitro benzene ring substituents is 1. The molecule has 182 valence electrons. The molecular weight excluding hydrogens is 448 g/mol. The second-order valence-corrected chi connectivity index (χ2v) is 8.22. The SMILES string of the molecule is COC(=O)C1=C(C)NC(C)=C(C(=O)OCC/C=C/c2ccc(C)cc2)C1c1cccc([N+](=O)[O-])c1. The Morgan fingerprint density at radius 3 is 2.31 bits per heavy atom. The van der Waals surface area contributed by atoms with Crippen LogP contribution in [0.25, 0.3) is 6.08 Å². The predicted octanol–water partition coefficient (Wildman–Crippen LogP) is 4.96. The largest absolute Gasteiger partial charge is 0.466 e. The Hall–Kier alpha value is -4.20. The highest BCUT2D eigenvalue weighted by atomic mass is 16.6. The van der Waals surface area contributed by atoms with E-state index in [1.165, 1.54) is 30.9 Å². The Morgan fingerprint density at radius 2 is 1.69 bits per heavy atom. The molecule has 0 radical (unpaired) electrons. The van der Waals surface area contributed by atoms with Crippen LogP contribution < -0.4 is 5.32 Å². The lowest BCUT2D eigenvalue weighted by atomic mass is 9.80. The van der Waals surface area contributed by atoms with Crippen molar-refractivity contribution in [1.29, 1.82) is 0 Å². The van der Waals surface area contributed by atoms with Crippen molar-refractivity contribution in [1.82, 2.24) is 5.32 Å². The summed E-state index contributed by atoms with van der Waals surface area (Å²) in [5, 5.41) is 14.4. The van der Waals surface area contributed by atoms with Gasteiger partial charge in [0, 0.05) is 23.5 Å². The molecule has 0 fully saturated rings. The van der Waals surface area contributed by atoms with E-state index >= 15 is 0 Å². The monoisotopic (exact) mass is 476 g/mol. The van der Waals surface area contributed by atoms with Gasteiger partial charge in [-0.2, -0.15) is 0 Å². The summed E-state index contributed by atoms with van der Waals surface area (Å²) in [6.07, 6.45) is 4.37. The van der Waals surface area contributed by atoms with Gasteiger partial charge >= 0.3 is 11.9 Å². The number of carbonyl (C=O) groups excluding carboxylic acids is 2. The molecule has 2 aromatic carbocycles. The van der Waals surface area contributed by atoms with E-state index in [0.29, 0.717) is 23.4 Å². The number of hydrogen-bond acceptors (Lipinski definition) is 7. The van der Waals surface area contributed by atoms with Gasteiger partial charge in [-0.05, 0) is 38.3 Å². The van der Waals surface area contributed by atoms with Crippen LogP contribution in [0.3, 0.4) is 0 Å². The number of carbonyl (C=O) groups is 2. The van der Waals surface area contributed by atoms with Crippen LogP contribution in [0.1, 0.15) is 42.9 Å². The average Bonchev–Trinajstić information content (AvgIpc) is 2.84.